The average molecular weight is 485 g/mol. The van der Waals surface area contributed by atoms with Crippen LogP contribution < -0.4 is 5.32 Å². The average Bonchev–Trinajstić information content (AvgIpc) is 2.76. The fourth-order valence-electron chi connectivity index (χ4n) is 3.43. The Labute approximate surface area is 194 Å². The molecule has 2 rings (SSSR count). The van der Waals surface area contributed by atoms with Crippen LogP contribution in [0.2, 0.25) is 0 Å². The highest BCUT2D eigenvalue weighted by Crippen LogP contribution is 2.38. The summed E-state index contributed by atoms with van der Waals surface area (Å²) in [6.07, 6.45) is -6.50. The predicted molar refractivity (Wildman–Crippen MR) is 117 cm³/mol. The van der Waals surface area contributed by atoms with Crippen molar-refractivity contribution in [3.8, 4) is 0 Å². The Morgan fingerprint density at radius 3 is 2.03 bits per heavy atom. The van der Waals surface area contributed by atoms with Crippen molar-refractivity contribution in [3.63, 3.8) is 0 Å². The molecule has 0 spiro atoms. The molecule has 2 atom stereocenters. The second-order valence-electron chi connectivity index (χ2n) is 7.72. The van der Waals surface area contributed by atoms with Crippen molar-refractivity contribution in [2.24, 2.45) is 0 Å². The zero-order chi connectivity index (χ0) is 25.6. The minimum Gasteiger partial charge on any atom is -0.371 e. The summed E-state index contributed by atoms with van der Waals surface area (Å²) in [5.74, 6) is -0.442. The molecular formula is C25H25F6NO2. The van der Waals surface area contributed by atoms with Crippen molar-refractivity contribution in [2.45, 2.75) is 44.3 Å². The van der Waals surface area contributed by atoms with Gasteiger partial charge in [-0.15, -0.1) is 6.58 Å². The number of rotatable bonds is 9. The van der Waals surface area contributed by atoms with Crippen molar-refractivity contribution < 1.29 is 35.9 Å². The first-order valence-corrected chi connectivity index (χ1v) is 10.3. The van der Waals surface area contributed by atoms with E-state index in [1.807, 2.05) is 0 Å². The molecule has 0 saturated heterocycles. The van der Waals surface area contributed by atoms with Gasteiger partial charge in [0.25, 0.3) is 0 Å². The number of allylic oxidation sites excluding steroid dienone is 1. The maximum Gasteiger partial charge on any atom is 0.416 e. The summed E-state index contributed by atoms with van der Waals surface area (Å²) in [5.41, 5.74) is -3.64. The van der Waals surface area contributed by atoms with Crippen LogP contribution in [0.4, 0.5) is 26.3 Å². The number of nitrogens with one attached hydrogen (secondary N) is 1. The van der Waals surface area contributed by atoms with Gasteiger partial charge in [-0.25, -0.2) is 0 Å². The molecule has 0 aliphatic carbocycles. The van der Waals surface area contributed by atoms with Gasteiger partial charge in [-0.1, -0.05) is 42.5 Å². The van der Waals surface area contributed by atoms with Gasteiger partial charge in [0.15, 0.2) is 0 Å². The van der Waals surface area contributed by atoms with Crippen LogP contribution in [0.5, 0.6) is 0 Å². The monoisotopic (exact) mass is 485 g/mol. The zero-order valence-electron chi connectivity index (χ0n) is 18.6. The van der Waals surface area contributed by atoms with Gasteiger partial charge >= 0.3 is 12.4 Å². The Morgan fingerprint density at radius 2 is 1.56 bits per heavy atom. The Bertz CT molecular complexity index is 982. The summed E-state index contributed by atoms with van der Waals surface area (Å²) in [7, 11) is 0. The largest absolute Gasteiger partial charge is 0.416 e. The molecule has 0 radical (unpaired) electrons. The van der Waals surface area contributed by atoms with Gasteiger partial charge in [0.05, 0.1) is 29.4 Å². The summed E-state index contributed by atoms with van der Waals surface area (Å²) >= 11 is 0. The van der Waals surface area contributed by atoms with E-state index in [-0.39, 0.29) is 24.7 Å². The summed E-state index contributed by atoms with van der Waals surface area (Å²) in [6, 6.07) is 10.0. The molecule has 2 aromatic carbocycles. The minimum atomic E-state index is -4.97. The lowest BCUT2D eigenvalue weighted by atomic mass is 9.87. The van der Waals surface area contributed by atoms with Crippen molar-refractivity contribution in [1.29, 1.82) is 0 Å². The highest BCUT2D eigenvalue weighted by Gasteiger charge is 2.38. The minimum absolute atomic E-state index is 0.0690. The van der Waals surface area contributed by atoms with Gasteiger partial charge in [0.2, 0.25) is 5.91 Å². The highest BCUT2D eigenvalue weighted by molar-refractivity contribution is 5.88. The van der Waals surface area contributed by atoms with Crippen molar-refractivity contribution in [1.82, 2.24) is 5.32 Å². The first-order valence-electron chi connectivity index (χ1n) is 10.3. The summed E-state index contributed by atoms with van der Waals surface area (Å²) in [4.78, 5) is 12.4. The van der Waals surface area contributed by atoms with Gasteiger partial charge in [0, 0.05) is 0 Å². The maximum absolute atomic E-state index is 13.2. The second kappa shape index (κ2) is 10.9. The van der Waals surface area contributed by atoms with E-state index < -0.39 is 41.0 Å². The number of hydrogen-bond donors (Lipinski definition) is 1. The van der Waals surface area contributed by atoms with E-state index in [1.54, 1.807) is 43.3 Å². The lowest BCUT2D eigenvalue weighted by molar-refractivity contribution is -0.143. The molecule has 0 aliphatic heterocycles. The highest BCUT2D eigenvalue weighted by atomic mass is 19.4. The number of benzene rings is 2. The van der Waals surface area contributed by atoms with Crippen molar-refractivity contribution in [2.75, 3.05) is 6.61 Å². The Balaban J connectivity index is 2.45. The Kier molecular flexibility index (Phi) is 8.72. The number of amides is 1. The summed E-state index contributed by atoms with van der Waals surface area (Å²) in [6.45, 7) is 6.49. The third-order valence-electron chi connectivity index (χ3n) is 5.16. The Hall–Kier alpha value is -3.07. The van der Waals surface area contributed by atoms with Crippen LogP contribution in [0.15, 0.2) is 73.3 Å². The molecule has 0 aliphatic rings. The van der Waals surface area contributed by atoms with E-state index in [9.17, 15) is 31.1 Å². The van der Waals surface area contributed by atoms with Crippen LogP contribution in [0.3, 0.4) is 0 Å². The van der Waals surface area contributed by atoms with Gasteiger partial charge in [-0.05, 0) is 55.7 Å². The fraction of sp³-hybridized carbons (Fsp3) is 0.320. The van der Waals surface area contributed by atoms with Gasteiger partial charge in [0.1, 0.15) is 0 Å². The summed E-state index contributed by atoms with van der Waals surface area (Å²) < 4.78 is 85.2. The summed E-state index contributed by atoms with van der Waals surface area (Å²) in [5, 5.41) is 2.84. The number of hydrogen-bond acceptors (Lipinski definition) is 2. The Morgan fingerprint density at radius 1 is 1.00 bits per heavy atom. The first-order chi connectivity index (χ1) is 15.8. The number of carbonyl (C=O) groups excluding carboxylic acids is 1. The quantitative estimate of drug-likeness (QED) is 0.237. The topological polar surface area (TPSA) is 38.3 Å². The van der Waals surface area contributed by atoms with Gasteiger partial charge in [-0.3, -0.25) is 4.79 Å². The first kappa shape index (κ1) is 27.2. The molecule has 0 saturated carbocycles. The molecule has 0 unspecified atom stereocenters. The van der Waals surface area contributed by atoms with Crippen LogP contribution in [-0.2, 0) is 27.4 Å². The standard InChI is InChI=1S/C25H25F6NO2/c1-4-9-22(33)32-23(12-5-2,19-10-7-6-8-11-19)16-34-17(3)18-13-20(24(26,27)28)15-21(14-18)25(29,30)31/h4-11,13-15,17H,2,12,16H2,1,3H3,(H,32,33)/b9-4+/t17-,23-/m1/s1. The van der Waals surface area contributed by atoms with Gasteiger partial charge in [-0.2, -0.15) is 26.3 Å². The third kappa shape index (κ3) is 6.96. The van der Waals surface area contributed by atoms with Crippen molar-refractivity contribution >= 4 is 5.91 Å². The maximum atomic E-state index is 13.2. The molecule has 9 heteroatoms. The molecule has 2 aromatic rings. The fourth-order valence-corrected chi connectivity index (χ4v) is 3.43. The van der Waals surface area contributed by atoms with Crippen molar-refractivity contribution in [3.05, 3.63) is 95.6 Å². The molecule has 0 bridgehead atoms. The molecule has 0 fully saturated rings. The van der Waals surface area contributed by atoms with E-state index in [1.165, 1.54) is 19.1 Å². The second-order valence-corrected chi connectivity index (χ2v) is 7.72. The van der Waals surface area contributed by atoms with Crippen LogP contribution >= 0.6 is 0 Å². The molecule has 3 nitrogen and oxygen atoms in total. The molecule has 34 heavy (non-hydrogen) atoms. The molecule has 1 amide bonds. The molecule has 184 valence electrons. The molecule has 0 heterocycles. The number of ether oxygens (including phenoxy) is 1. The number of alkyl halides is 6. The smallest absolute Gasteiger partial charge is 0.371 e. The number of carbonyl (C=O) groups is 1. The molecule has 0 aromatic heterocycles. The lowest BCUT2D eigenvalue weighted by Crippen LogP contribution is -2.48. The van der Waals surface area contributed by atoms with E-state index >= 15 is 0 Å². The van der Waals surface area contributed by atoms with E-state index in [0.717, 1.165) is 0 Å². The van der Waals surface area contributed by atoms with Gasteiger partial charge < -0.3 is 10.1 Å². The van der Waals surface area contributed by atoms with Crippen LogP contribution in [-0.4, -0.2) is 12.5 Å². The SMILES string of the molecule is C=CC[C@](CO[C@H](C)c1cc(C(F)(F)F)cc(C(F)(F)F)c1)(NC(=O)/C=C/C)c1ccccc1. The van der Waals surface area contributed by atoms with Crippen LogP contribution in [0.1, 0.15) is 48.6 Å². The molecule has 1 N–H and O–H groups in total. The van der Waals surface area contributed by atoms with Crippen LogP contribution in [0, 0.1) is 0 Å². The van der Waals surface area contributed by atoms with E-state index in [2.05, 4.69) is 11.9 Å². The normalized spacial score (nSPS) is 15.1. The third-order valence-corrected chi connectivity index (χ3v) is 5.16. The van der Waals surface area contributed by atoms with E-state index in [0.29, 0.717) is 17.7 Å². The number of halogens is 6. The van der Waals surface area contributed by atoms with Crippen LogP contribution in [0.25, 0.3) is 0 Å². The molecular weight excluding hydrogens is 460 g/mol. The van der Waals surface area contributed by atoms with E-state index in [4.69, 9.17) is 4.74 Å². The zero-order valence-corrected chi connectivity index (χ0v) is 18.6. The predicted octanol–water partition coefficient (Wildman–Crippen LogP) is 6.97. The lowest BCUT2D eigenvalue weighted by Gasteiger charge is -2.35.